The van der Waals surface area contributed by atoms with Gasteiger partial charge in [0.15, 0.2) is 0 Å². The van der Waals surface area contributed by atoms with Crippen molar-refractivity contribution in [3.8, 4) is 5.75 Å². The molecule has 1 aliphatic heterocycles. The summed E-state index contributed by atoms with van der Waals surface area (Å²) in [6.07, 6.45) is -4.90. The molecule has 7 nitrogen and oxygen atoms in total. The summed E-state index contributed by atoms with van der Waals surface area (Å²) in [6, 6.07) is 5.75. The number of anilines is 2. The summed E-state index contributed by atoms with van der Waals surface area (Å²) in [4.78, 5) is 3.32. The Morgan fingerprint density at radius 2 is 1.97 bits per heavy atom. The number of hydrogen-bond acceptors (Lipinski definition) is 8. The summed E-state index contributed by atoms with van der Waals surface area (Å²) >= 11 is 1.31. The van der Waals surface area contributed by atoms with E-state index in [2.05, 4.69) is 20.3 Å². The number of benzene rings is 1. The Morgan fingerprint density at radius 1 is 1.26 bits per heavy atom. The predicted octanol–water partition coefficient (Wildman–Crippen LogP) is 3.65. The largest absolute Gasteiger partial charge is 0.573 e. The first-order chi connectivity index (χ1) is 14.6. The molecule has 1 fully saturated rings. The lowest BCUT2D eigenvalue weighted by Crippen LogP contribution is -2.35. The Kier molecular flexibility index (Phi) is 5.67. The van der Waals surface area contributed by atoms with Crippen LogP contribution in [0.15, 0.2) is 24.3 Å². The summed E-state index contributed by atoms with van der Waals surface area (Å²) in [5, 5.41) is 23.1. The van der Waals surface area contributed by atoms with Crippen molar-refractivity contribution in [2.24, 2.45) is 0 Å². The van der Waals surface area contributed by atoms with Crippen molar-refractivity contribution in [1.82, 2.24) is 15.5 Å². The van der Waals surface area contributed by atoms with Crippen LogP contribution >= 0.6 is 11.3 Å². The normalized spacial score (nSPS) is 18.0. The maximum atomic E-state index is 12.3. The Hall–Kier alpha value is -2.63. The molecule has 0 bridgehead atoms. The highest BCUT2D eigenvalue weighted by Gasteiger charge is 2.31. The highest BCUT2D eigenvalue weighted by Crippen LogP contribution is 2.38. The van der Waals surface area contributed by atoms with Crippen LogP contribution in [0.4, 0.5) is 24.5 Å². The molecule has 0 aliphatic carbocycles. The fourth-order valence-corrected chi connectivity index (χ4v) is 4.80. The van der Waals surface area contributed by atoms with Crippen molar-refractivity contribution in [3.05, 3.63) is 40.4 Å². The highest BCUT2D eigenvalue weighted by molar-refractivity contribution is 7.19. The third-order valence-corrected chi connectivity index (χ3v) is 6.57. The SMILES string of the molecule is Cc1nnc2sc(C(O)NC3CCN(c4ccc(OC(F)(F)F)cc4)C3)c(N)c2c1C. The van der Waals surface area contributed by atoms with Gasteiger partial charge in [0.1, 0.15) is 16.8 Å². The first-order valence-electron chi connectivity index (χ1n) is 9.69. The van der Waals surface area contributed by atoms with E-state index in [-0.39, 0.29) is 11.8 Å². The summed E-state index contributed by atoms with van der Waals surface area (Å²) < 4.78 is 40.9. The molecule has 166 valence electrons. The number of halogens is 3. The molecule has 11 heteroatoms. The van der Waals surface area contributed by atoms with Gasteiger partial charge in [-0.05, 0) is 50.1 Å². The number of nitrogens with zero attached hydrogens (tertiary/aromatic N) is 3. The second-order valence-electron chi connectivity index (χ2n) is 7.51. The molecule has 2 atom stereocenters. The molecule has 4 N–H and O–H groups in total. The molecule has 1 saturated heterocycles. The number of alkyl halides is 3. The number of aryl methyl sites for hydroxylation is 2. The van der Waals surface area contributed by atoms with Crippen molar-refractivity contribution < 1.29 is 23.0 Å². The number of thiophene rings is 1. The quantitative estimate of drug-likeness (QED) is 0.508. The zero-order chi connectivity index (χ0) is 22.3. The van der Waals surface area contributed by atoms with Crippen LogP contribution in [0.1, 0.15) is 28.8 Å². The zero-order valence-corrected chi connectivity index (χ0v) is 17.7. The summed E-state index contributed by atoms with van der Waals surface area (Å²) in [7, 11) is 0. The van der Waals surface area contributed by atoms with Crippen LogP contribution in [0.25, 0.3) is 10.2 Å². The molecular weight excluding hydrogens is 431 g/mol. The van der Waals surface area contributed by atoms with Gasteiger partial charge in [0, 0.05) is 30.2 Å². The van der Waals surface area contributed by atoms with E-state index < -0.39 is 12.6 Å². The van der Waals surface area contributed by atoms with E-state index in [0.29, 0.717) is 28.5 Å². The Bertz CT molecular complexity index is 1090. The van der Waals surface area contributed by atoms with E-state index in [1.807, 2.05) is 18.7 Å². The molecule has 2 aromatic heterocycles. The molecular formula is C20H22F3N5O2S. The third kappa shape index (κ3) is 4.53. The van der Waals surface area contributed by atoms with E-state index in [4.69, 9.17) is 5.73 Å². The number of hydrogen-bond donors (Lipinski definition) is 3. The molecule has 1 aliphatic rings. The first kappa shape index (κ1) is 21.6. The van der Waals surface area contributed by atoms with E-state index in [9.17, 15) is 18.3 Å². The number of nitrogen functional groups attached to an aromatic ring is 1. The maximum absolute atomic E-state index is 12.3. The van der Waals surface area contributed by atoms with Crippen LogP contribution in [0.3, 0.4) is 0 Å². The summed E-state index contributed by atoms with van der Waals surface area (Å²) in [5.74, 6) is -0.255. The van der Waals surface area contributed by atoms with Gasteiger partial charge in [0.05, 0.1) is 16.3 Å². The van der Waals surface area contributed by atoms with E-state index >= 15 is 0 Å². The van der Waals surface area contributed by atoms with Crippen LogP contribution in [0.5, 0.6) is 5.75 Å². The molecule has 31 heavy (non-hydrogen) atoms. The average Bonchev–Trinajstić information content (AvgIpc) is 3.29. The van der Waals surface area contributed by atoms with Crippen LogP contribution < -0.4 is 20.7 Å². The van der Waals surface area contributed by atoms with Gasteiger partial charge < -0.3 is 20.5 Å². The fourth-order valence-electron chi connectivity index (χ4n) is 3.75. The maximum Gasteiger partial charge on any atom is 0.573 e. The van der Waals surface area contributed by atoms with Crippen LogP contribution in [0.2, 0.25) is 0 Å². The molecule has 1 aromatic carbocycles. The van der Waals surface area contributed by atoms with Gasteiger partial charge in [-0.15, -0.1) is 29.6 Å². The summed E-state index contributed by atoms with van der Waals surface area (Å²) in [5.41, 5.74) is 9.34. The Balaban J connectivity index is 1.42. The number of fused-ring (bicyclic) bond motifs is 1. The molecule has 0 radical (unpaired) electrons. The molecule has 4 rings (SSSR count). The van der Waals surface area contributed by atoms with E-state index in [1.54, 1.807) is 12.1 Å². The minimum Gasteiger partial charge on any atom is -0.406 e. The second-order valence-corrected chi connectivity index (χ2v) is 8.54. The minimum atomic E-state index is -4.71. The summed E-state index contributed by atoms with van der Waals surface area (Å²) in [6.45, 7) is 5.09. The van der Waals surface area contributed by atoms with Gasteiger partial charge in [-0.2, -0.15) is 5.10 Å². The van der Waals surface area contributed by atoms with Crippen molar-refractivity contribution in [1.29, 1.82) is 0 Å². The van der Waals surface area contributed by atoms with Gasteiger partial charge in [-0.3, -0.25) is 5.32 Å². The average molecular weight is 453 g/mol. The smallest absolute Gasteiger partial charge is 0.406 e. The number of rotatable bonds is 5. The van der Waals surface area contributed by atoms with E-state index in [1.165, 1.54) is 23.5 Å². The van der Waals surface area contributed by atoms with Crippen LogP contribution in [-0.2, 0) is 0 Å². The predicted molar refractivity (Wildman–Crippen MR) is 113 cm³/mol. The van der Waals surface area contributed by atoms with Gasteiger partial charge in [-0.25, -0.2) is 0 Å². The standard InChI is InChI=1S/C20H22F3N5O2S/c1-10-11(2)26-27-19-15(10)16(24)17(31-19)18(29)25-12-7-8-28(9-12)13-3-5-14(6-4-13)30-20(21,22)23/h3-6,12,18,25,29H,7-9,24H2,1-2H3. The highest BCUT2D eigenvalue weighted by atomic mass is 32.1. The number of aliphatic hydroxyl groups excluding tert-OH is 1. The van der Waals surface area contributed by atoms with E-state index in [0.717, 1.165) is 28.8 Å². The van der Waals surface area contributed by atoms with Gasteiger partial charge in [0.25, 0.3) is 0 Å². The Labute approximate surface area is 180 Å². The molecule has 2 unspecified atom stereocenters. The lowest BCUT2D eigenvalue weighted by molar-refractivity contribution is -0.274. The van der Waals surface area contributed by atoms with Gasteiger partial charge in [0.2, 0.25) is 0 Å². The van der Waals surface area contributed by atoms with Crippen LogP contribution in [-0.4, -0.2) is 40.8 Å². The topological polar surface area (TPSA) is 96.5 Å². The molecule has 0 amide bonds. The number of aromatic nitrogens is 2. The monoisotopic (exact) mass is 453 g/mol. The number of nitrogens with one attached hydrogen (secondary N) is 1. The molecule has 3 aromatic rings. The fraction of sp³-hybridized carbons (Fsp3) is 0.400. The van der Waals surface area contributed by atoms with Gasteiger partial charge >= 0.3 is 6.36 Å². The number of nitrogens with two attached hydrogens (primary N) is 1. The van der Waals surface area contributed by atoms with Crippen LogP contribution in [0, 0.1) is 13.8 Å². The Morgan fingerprint density at radius 3 is 2.65 bits per heavy atom. The zero-order valence-electron chi connectivity index (χ0n) is 16.9. The minimum absolute atomic E-state index is 0.0142. The van der Waals surface area contributed by atoms with Crippen molar-refractivity contribution in [2.45, 2.75) is 38.9 Å². The lowest BCUT2D eigenvalue weighted by atomic mass is 10.1. The lowest BCUT2D eigenvalue weighted by Gasteiger charge is -2.21. The molecule has 3 heterocycles. The van der Waals surface area contributed by atoms with Crippen molar-refractivity contribution >= 4 is 32.9 Å². The van der Waals surface area contributed by atoms with Gasteiger partial charge in [-0.1, -0.05) is 0 Å². The number of aliphatic hydroxyl groups is 1. The third-order valence-electron chi connectivity index (χ3n) is 5.43. The molecule has 0 saturated carbocycles. The second kappa shape index (κ2) is 8.13. The first-order valence-corrected chi connectivity index (χ1v) is 10.5. The molecule has 0 spiro atoms. The van der Waals surface area contributed by atoms with Crippen molar-refractivity contribution in [3.63, 3.8) is 0 Å². The number of ether oxygens (including phenoxy) is 1. The van der Waals surface area contributed by atoms with Crippen molar-refractivity contribution in [2.75, 3.05) is 23.7 Å².